The van der Waals surface area contributed by atoms with Gasteiger partial charge in [0.15, 0.2) is 0 Å². The predicted octanol–water partition coefficient (Wildman–Crippen LogP) is 6.99. The molecule has 2 aliphatic heterocycles. The van der Waals surface area contributed by atoms with Crippen LogP contribution in [0.2, 0.25) is 10.0 Å². The molecule has 5 nitrogen and oxygen atoms in total. The molecule has 0 aromatic heterocycles. The summed E-state index contributed by atoms with van der Waals surface area (Å²) < 4.78 is 19.4. The van der Waals surface area contributed by atoms with Gasteiger partial charge in [-0.25, -0.2) is 4.39 Å². The molecule has 8 heteroatoms. The van der Waals surface area contributed by atoms with Crippen LogP contribution in [0.3, 0.4) is 0 Å². The van der Waals surface area contributed by atoms with E-state index in [2.05, 4.69) is 21.2 Å². The van der Waals surface area contributed by atoms with E-state index in [0.717, 1.165) is 80.0 Å². The number of hydrogen-bond donors (Lipinski definition) is 1. The van der Waals surface area contributed by atoms with Crippen molar-refractivity contribution in [3.05, 3.63) is 82.1 Å². The molecule has 3 aromatic carbocycles. The second kappa shape index (κ2) is 12.6. The first kappa shape index (κ1) is 28.3. The second-order valence-corrected chi connectivity index (χ2v) is 12.4. The molecule has 6 rings (SSSR count). The van der Waals surface area contributed by atoms with Crippen molar-refractivity contribution in [2.75, 3.05) is 37.6 Å². The molecule has 0 bridgehead atoms. The Hall–Kier alpha value is -2.80. The predicted molar refractivity (Wildman–Crippen MR) is 164 cm³/mol. The highest BCUT2D eigenvalue weighted by Gasteiger charge is 2.31. The Morgan fingerprint density at radius 3 is 2.46 bits per heavy atom. The highest BCUT2D eigenvalue weighted by Crippen LogP contribution is 2.35. The fraction of sp³-hybridized carbons (Fsp3) is 0.424. The van der Waals surface area contributed by atoms with Gasteiger partial charge in [0.25, 0.3) is 0 Å². The summed E-state index contributed by atoms with van der Waals surface area (Å²) >= 11 is 13.0. The molecule has 2 saturated heterocycles. The Kier molecular flexibility index (Phi) is 8.71. The van der Waals surface area contributed by atoms with Gasteiger partial charge in [0.1, 0.15) is 11.6 Å². The number of rotatable bonds is 10. The molecule has 1 saturated carbocycles. The number of likely N-dealkylation sites (tertiary alicyclic amines) is 1. The van der Waals surface area contributed by atoms with Gasteiger partial charge >= 0.3 is 0 Å². The lowest BCUT2D eigenvalue weighted by Crippen LogP contribution is -2.46. The number of ether oxygens (including phenoxy) is 1. The van der Waals surface area contributed by atoms with Gasteiger partial charge in [-0.3, -0.25) is 4.79 Å². The maximum atomic E-state index is 13.6. The van der Waals surface area contributed by atoms with Crippen molar-refractivity contribution in [3.8, 4) is 16.9 Å². The van der Waals surface area contributed by atoms with Crippen LogP contribution in [0.4, 0.5) is 10.1 Å². The number of carbonyl (C=O) groups excluding carboxylic acids is 1. The monoisotopic (exact) mass is 595 g/mol. The average Bonchev–Trinajstić information content (AvgIpc) is 3.39. The van der Waals surface area contributed by atoms with E-state index in [9.17, 15) is 9.18 Å². The molecule has 0 radical (unpaired) electrons. The number of amides is 1. The van der Waals surface area contributed by atoms with Crippen LogP contribution >= 0.6 is 23.2 Å². The van der Waals surface area contributed by atoms with E-state index in [1.165, 1.54) is 25.0 Å². The van der Waals surface area contributed by atoms with Crippen LogP contribution in [0.15, 0.2) is 60.7 Å². The van der Waals surface area contributed by atoms with Gasteiger partial charge in [-0.05, 0) is 105 Å². The molecule has 2 heterocycles. The van der Waals surface area contributed by atoms with Crippen molar-refractivity contribution in [2.45, 2.75) is 50.7 Å². The van der Waals surface area contributed by atoms with E-state index >= 15 is 0 Å². The van der Waals surface area contributed by atoms with E-state index in [0.29, 0.717) is 22.7 Å². The summed E-state index contributed by atoms with van der Waals surface area (Å²) in [5, 5.41) is 4.65. The summed E-state index contributed by atoms with van der Waals surface area (Å²) in [6.07, 6.45) is 6.41. The van der Waals surface area contributed by atoms with Crippen LogP contribution in [-0.4, -0.2) is 55.7 Å². The molecular formula is C33H36Cl2FN3O2. The van der Waals surface area contributed by atoms with Crippen molar-refractivity contribution in [3.63, 3.8) is 0 Å². The number of carbonyl (C=O) groups is 1. The van der Waals surface area contributed by atoms with E-state index in [1.807, 2.05) is 30.3 Å². The van der Waals surface area contributed by atoms with Gasteiger partial charge < -0.3 is 19.9 Å². The quantitative estimate of drug-likeness (QED) is 0.274. The summed E-state index contributed by atoms with van der Waals surface area (Å²) in [4.78, 5) is 18.2. The fourth-order valence-electron chi connectivity index (χ4n) is 5.94. The number of anilines is 1. The molecule has 1 amide bonds. The Labute approximate surface area is 251 Å². The minimum Gasteiger partial charge on any atom is -0.489 e. The van der Waals surface area contributed by atoms with Gasteiger partial charge in [0.05, 0.1) is 17.0 Å². The lowest BCUT2D eigenvalue weighted by molar-refractivity contribution is -0.125. The molecule has 3 aromatic rings. The minimum atomic E-state index is -0.278. The van der Waals surface area contributed by atoms with Gasteiger partial charge in [-0.15, -0.1) is 0 Å². The van der Waals surface area contributed by atoms with Gasteiger partial charge in [-0.2, -0.15) is 0 Å². The molecule has 1 unspecified atom stereocenters. The number of nitrogens with zero attached hydrogens (tertiary/aromatic N) is 2. The van der Waals surface area contributed by atoms with Crippen LogP contribution < -0.4 is 15.0 Å². The lowest BCUT2D eigenvalue weighted by atomic mass is 10.0. The zero-order valence-electron chi connectivity index (χ0n) is 23.1. The van der Waals surface area contributed by atoms with E-state index < -0.39 is 0 Å². The maximum Gasteiger partial charge on any atom is 0.225 e. The first-order valence-electron chi connectivity index (χ1n) is 14.7. The molecule has 41 heavy (non-hydrogen) atoms. The summed E-state index contributed by atoms with van der Waals surface area (Å²) in [6.45, 7) is 4.42. The summed E-state index contributed by atoms with van der Waals surface area (Å²) in [7, 11) is 0. The van der Waals surface area contributed by atoms with Crippen molar-refractivity contribution in [1.82, 2.24) is 10.2 Å². The first-order valence-corrected chi connectivity index (χ1v) is 15.4. The number of hydrogen-bond acceptors (Lipinski definition) is 4. The highest BCUT2D eigenvalue weighted by atomic mass is 35.5. The zero-order chi connectivity index (χ0) is 28.3. The Balaban J connectivity index is 1.11. The zero-order valence-corrected chi connectivity index (χ0v) is 24.6. The Bertz CT molecular complexity index is 1380. The lowest BCUT2D eigenvalue weighted by Gasteiger charge is -2.26. The number of nitrogens with one attached hydrogen (secondary N) is 1. The topological polar surface area (TPSA) is 44.8 Å². The molecule has 3 fully saturated rings. The van der Waals surface area contributed by atoms with Crippen molar-refractivity contribution in [2.24, 2.45) is 5.92 Å². The SMILES string of the molecule is O=C(NC(Cc1ccc(OC2CC2)c(Cl)c1)CN1CCCC1)[C@@H]1CCN(c2ccc(Cl)c(-c3ccc(F)cc3)c2)C1. The van der Waals surface area contributed by atoms with Crippen LogP contribution in [0.5, 0.6) is 5.75 Å². The molecular weight excluding hydrogens is 560 g/mol. The summed E-state index contributed by atoms with van der Waals surface area (Å²) in [5.41, 5.74) is 3.84. The first-order chi connectivity index (χ1) is 19.9. The normalized spacial score (nSPS) is 19.9. The smallest absolute Gasteiger partial charge is 0.225 e. The van der Waals surface area contributed by atoms with Crippen molar-refractivity contribution >= 4 is 34.8 Å². The molecule has 216 valence electrons. The largest absolute Gasteiger partial charge is 0.489 e. The molecule has 1 N–H and O–H groups in total. The number of halogens is 3. The third kappa shape index (κ3) is 7.17. The van der Waals surface area contributed by atoms with Crippen LogP contribution in [0.25, 0.3) is 11.1 Å². The number of benzene rings is 3. The Morgan fingerprint density at radius 2 is 1.73 bits per heavy atom. The molecule has 3 aliphatic rings. The highest BCUT2D eigenvalue weighted by molar-refractivity contribution is 6.33. The molecule has 2 atom stereocenters. The van der Waals surface area contributed by atoms with E-state index in [4.69, 9.17) is 27.9 Å². The van der Waals surface area contributed by atoms with Gasteiger partial charge in [-0.1, -0.05) is 41.4 Å². The van der Waals surface area contributed by atoms with Crippen LogP contribution in [-0.2, 0) is 11.2 Å². The Morgan fingerprint density at radius 1 is 0.951 bits per heavy atom. The van der Waals surface area contributed by atoms with E-state index in [1.54, 1.807) is 12.1 Å². The molecule has 0 spiro atoms. The fourth-order valence-corrected chi connectivity index (χ4v) is 6.42. The standard InChI is InChI=1S/C33H36Cl2FN3O2/c34-30-11-8-27(19-29(30)23-4-6-25(36)7-5-23)39-16-13-24(20-39)33(40)37-26(21-38-14-1-2-15-38)17-22-3-12-32(31(35)18-22)41-28-9-10-28/h3-8,11-12,18-19,24,26,28H,1-2,9-10,13-17,20-21H2,(H,37,40)/t24-,26?/m1/s1. The van der Waals surface area contributed by atoms with Crippen molar-refractivity contribution < 1.29 is 13.9 Å². The summed E-state index contributed by atoms with van der Waals surface area (Å²) in [6, 6.07) is 18.3. The third-order valence-corrected chi connectivity index (χ3v) is 8.97. The minimum absolute atomic E-state index is 0.00141. The van der Waals surface area contributed by atoms with Crippen LogP contribution in [0.1, 0.15) is 37.7 Å². The second-order valence-electron chi connectivity index (χ2n) is 11.6. The summed E-state index contributed by atoms with van der Waals surface area (Å²) in [5.74, 6) is 0.470. The van der Waals surface area contributed by atoms with Crippen LogP contribution in [0, 0.1) is 11.7 Å². The third-order valence-electron chi connectivity index (χ3n) is 8.35. The average molecular weight is 597 g/mol. The van der Waals surface area contributed by atoms with E-state index in [-0.39, 0.29) is 23.7 Å². The van der Waals surface area contributed by atoms with Gasteiger partial charge in [0.2, 0.25) is 5.91 Å². The molecule has 1 aliphatic carbocycles. The van der Waals surface area contributed by atoms with Crippen molar-refractivity contribution in [1.29, 1.82) is 0 Å². The maximum absolute atomic E-state index is 13.6. The van der Waals surface area contributed by atoms with Gasteiger partial charge in [0, 0.05) is 41.9 Å².